The van der Waals surface area contributed by atoms with Crippen molar-refractivity contribution in [2.45, 2.75) is 19.0 Å². The molecule has 1 N–H and O–H groups in total. The molecule has 0 saturated heterocycles. The summed E-state index contributed by atoms with van der Waals surface area (Å²) in [5.74, 6) is -0.816. The third-order valence-corrected chi connectivity index (χ3v) is 3.44. The van der Waals surface area contributed by atoms with E-state index in [4.69, 9.17) is 11.6 Å². The van der Waals surface area contributed by atoms with Crippen molar-refractivity contribution in [1.29, 1.82) is 0 Å². The summed E-state index contributed by atoms with van der Waals surface area (Å²) >= 11 is 5.51. The van der Waals surface area contributed by atoms with E-state index in [0.29, 0.717) is 6.42 Å². The van der Waals surface area contributed by atoms with Gasteiger partial charge in [0.2, 0.25) is 5.91 Å². The van der Waals surface area contributed by atoms with Crippen molar-refractivity contribution in [3.63, 3.8) is 0 Å². The highest BCUT2D eigenvalue weighted by molar-refractivity contribution is 6.31. The van der Waals surface area contributed by atoms with E-state index in [1.54, 1.807) is 12.1 Å². The smallest absolute Gasteiger partial charge is 0.326 e. The van der Waals surface area contributed by atoms with Gasteiger partial charge in [0.15, 0.2) is 0 Å². The lowest BCUT2D eigenvalue weighted by atomic mass is 10.1. The van der Waals surface area contributed by atoms with Crippen LogP contribution < -0.4 is 5.32 Å². The molecule has 122 valence electrons. The van der Waals surface area contributed by atoms with Crippen molar-refractivity contribution in [1.82, 2.24) is 0 Å². The number of nitrogens with one attached hydrogen (secondary N) is 1. The standard InChI is InChI=1S/C16H12ClF4NO/c17-14-7-6-12(9-13(14)16(19,20)21)22-15(23)8-3-10-1-4-11(18)5-2-10/h1-2,4-7,9H,3,8H2,(H,22,23). The van der Waals surface area contributed by atoms with Crippen LogP contribution in [-0.2, 0) is 17.4 Å². The van der Waals surface area contributed by atoms with Crippen molar-refractivity contribution in [2.75, 3.05) is 5.32 Å². The summed E-state index contributed by atoms with van der Waals surface area (Å²) in [6.07, 6.45) is -4.17. The second kappa shape index (κ2) is 7.00. The summed E-state index contributed by atoms with van der Waals surface area (Å²) in [6.45, 7) is 0. The Morgan fingerprint density at radius 3 is 2.35 bits per heavy atom. The molecular formula is C16H12ClF4NO. The SMILES string of the molecule is O=C(CCc1ccc(F)cc1)Nc1ccc(Cl)c(C(F)(F)F)c1. The van der Waals surface area contributed by atoms with E-state index in [9.17, 15) is 22.4 Å². The lowest BCUT2D eigenvalue weighted by Crippen LogP contribution is -2.14. The van der Waals surface area contributed by atoms with Crippen LogP contribution in [0.4, 0.5) is 23.2 Å². The zero-order valence-corrected chi connectivity index (χ0v) is 12.5. The second-order valence-electron chi connectivity index (χ2n) is 4.87. The van der Waals surface area contributed by atoms with Gasteiger partial charge in [-0.15, -0.1) is 0 Å². The van der Waals surface area contributed by atoms with E-state index >= 15 is 0 Å². The molecule has 0 heterocycles. The van der Waals surface area contributed by atoms with Crippen molar-refractivity contribution >= 4 is 23.2 Å². The van der Waals surface area contributed by atoms with E-state index in [1.165, 1.54) is 18.2 Å². The summed E-state index contributed by atoms with van der Waals surface area (Å²) in [6, 6.07) is 8.83. The Balaban J connectivity index is 1.99. The fourth-order valence-corrected chi connectivity index (χ4v) is 2.18. The number of hydrogen-bond donors (Lipinski definition) is 1. The van der Waals surface area contributed by atoms with Gasteiger partial charge in [-0.2, -0.15) is 13.2 Å². The Labute approximate surface area is 135 Å². The van der Waals surface area contributed by atoms with Crippen molar-refractivity contribution < 1.29 is 22.4 Å². The Bertz CT molecular complexity index is 698. The summed E-state index contributed by atoms with van der Waals surface area (Å²) in [5.41, 5.74) is -0.227. The maximum Gasteiger partial charge on any atom is 0.417 e. The van der Waals surface area contributed by atoms with Gasteiger partial charge < -0.3 is 5.32 Å². The quantitative estimate of drug-likeness (QED) is 0.770. The molecule has 0 radical (unpaired) electrons. The van der Waals surface area contributed by atoms with Crippen LogP contribution in [0.5, 0.6) is 0 Å². The number of rotatable bonds is 4. The van der Waals surface area contributed by atoms with E-state index in [2.05, 4.69) is 5.32 Å². The molecular weight excluding hydrogens is 334 g/mol. The van der Waals surface area contributed by atoms with Crippen LogP contribution in [0.3, 0.4) is 0 Å². The van der Waals surface area contributed by atoms with Crippen molar-refractivity contribution in [3.8, 4) is 0 Å². The summed E-state index contributed by atoms with van der Waals surface area (Å²) in [5, 5.41) is 1.96. The third kappa shape index (κ3) is 4.96. The molecule has 23 heavy (non-hydrogen) atoms. The van der Waals surface area contributed by atoms with Crippen LogP contribution in [0.25, 0.3) is 0 Å². The van der Waals surface area contributed by atoms with Crippen LogP contribution in [0.1, 0.15) is 17.5 Å². The van der Waals surface area contributed by atoms with Gasteiger partial charge in [0.05, 0.1) is 10.6 Å². The zero-order chi connectivity index (χ0) is 17.0. The molecule has 0 aliphatic rings. The summed E-state index contributed by atoms with van der Waals surface area (Å²) in [7, 11) is 0. The number of amides is 1. The predicted octanol–water partition coefficient (Wildman–Crippen LogP) is 5.07. The number of aryl methyl sites for hydroxylation is 1. The van der Waals surface area contributed by atoms with E-state index in [1.807, 2.05) is 0 Å². The average molecular weight is 346 g/mol. The highest BCUT2D eigenvalue weighted by atomic mass is 35.5. The molecule has 2 nitrogen and oxygen atoms in total. The molecule has 0 atom stereocenters. The van der Waals surface area contributed by atoms with Crippen LogP contribution in [0.15, 0.2) is 42.5 Å². The maximum absolute atomic E-state index is 12.8. The van der Waals surface area contributed by atoms with Crippen LogP contribution in [0, 0.1) is 5.82 Å². The Hall–Kier alpha value is -2.08. The number of carbonyl (C=O) groups excluding carboxylic acids is 1. The van der Waals surface area contributed by atoms with Crippen molar-refractivity contribution in [3.05, 3.63) is 64.4 Å². The molecule has 0 spiro atoms. The first-order valence-electron chi connectivity index (χ1n) is 6.67. The highest BCUT2D eigenvalue weighted by Crippen LogP contribution is 2.36. The number of hydrogen-bond acceptors (Lipinski definition) is 1. The Morgan fingerprint density at radius 2 is 1.74 bits per heavy atom. The number of alkyl halides is 3. The first-order valence-corrected chi connectivity index (χ1v) is 7.04. The first-order chi connectivity index (χ1) is 10.8. The summed E-state index contributed by atoms with van der Waals surface area (Å²) < 4.78 is 51.0. The Morgan fingerprint density at radius 1 is 1.09 bits per heavy atom. The zero-order valence-electron chi connectivity index (χ0n) is 11.8. The number of carbonyl (C=O) groups is 1. The minimum Gasteiger partial charge on any atom is -0.326 e. The molecule has 1 amide bonds. The first kappa shape index (κ1) is 17.3. The number of benzene rings is 2. The molecule has 2 rings (SSSR count). The normalized spacial score (nSPS) is 11.3. The third-order valence-electron chi connectivity index (χ3n) is 3.11. The van der Waals surface area contributed by atoms with Gasteiger partial charge in [-0.3, -0.25) is 4.79 Å². The minimum absolute atomic E-state index is 0.0193. The number of anilines is 1. The van der Waals surface area contributed by atoms with E-state index in [0.717, 1.165) is 17.7 Å². The fraction of sp³-hybridized carbons (Fsp3) is 0.188. The van der Waals surface area contributed by atoms with Gasteiger partial charge in [-0.1, -0.05) is 23.7 Å². The molecule has 7 heteroatoms. The lowest BCUT2D eigenvalue weighted by molar-refractivity contribution is -0.137. The highest BCUT2D eigenvalue weighted by Gasteiger charge is 2.33. The summed E-state index contributed by atoms with van der Waals surface area (Å²) in [4.78, 5) is 11.8. The second-order valence-corrected chi connectivity index (χ2v) is 5.27. The molecule has 2 aromatic carbocycles. The fourth-order valence-electron chi connectivity index (χ4n) is 1.95. The van der Waals surface area contributed by atoms with Crippen LogP contribution >= 0.6 is 11.6 Å². The Kier molecular flexibility index (Phi) is 5.26. The number of halogens is 5. The van der Waals surface area contributed by atoms with Crippen molar-refractivity contribution in [2.24, 2.45) is 0 Å². The molecule has 0 bridgehead atoms. The van der Waals surface area contributed by atoms with Gasteiger partial charge in [0, 0.05) is 12.1 Å². The van der Waals surface area contributed by atoms with E-state index < -0.39 is 22.7 Å². The van der Waals surface area contributed by atoms with Gasteiger partial charge in [0.1, 0.15) is 5.82 Å². The minimum atomic E-state index is -4.59. The van der Waals surface area contributed by atoms with Gasteiger partial charge in [0.25, 0.3) is 0 Å². The molecule has 2 aromatic rings. The lowest BCUT2D eigenvalue weighted by Gasteiger charge is -2.11. The average Bonchev–Trinajstić information content (AvgIpc) is 2.47. The largest absolute Gasteiger partial charge is 0.417 e. The topological polar surface area (TPSA) is 29.1 Å². The molecule has 0 aliphatic heterocycles. The molecule has 0 fully saturated rings. The van der Waals surface area contributed by atoms with Gasteiger partial charge in [-0.05, 0) is 42.3 Å². The molecule has 0 aromatic heterocycles. The maximum atomic E-state index is 12.8. The monoisotopic (exact) mass is 345 g/mol. The predicted molar refractivity (Wildman–Crippen MR) is 79.8 cm³/mol. The van der Waals surface area contributed by atoms with Gasteiger partial charge >= 0.3 is 6.18 Å². The molecule has 0 saturated carbocycles. The van der Waals surface area contributed by atoms with Crippen LogP contribution in [0.2, 0.25) is 5.02 Å². The van der Waals surface area contributed by atoms with Crippen LogP contribution in [-0.4, -0.2) is 5.91 Å². The van der Waals surface area contributed by atoms with Gasteiger partial charge in [-0.25, -0.2) is 4.39 Å². The van der Waals surface area contributed by atoms with E-state index in [-0.39, 0.29) is 17.9 Å². The molecule has 0 unspecified atom stereocenters. The molecule has 0 aliphatic carbocycles.